The number of hydrogen-bond donors (Lipinski definition) is 1. The molecule has 0 aliphatic carbocycles. The van der Waals surface area contributed by atoms with Crippen LogP contribution in [0, 0.1) is 0 Å². The predicted octanol–water partition coefficient (Wildman–Crippen LogP) is 2.31. The van der Waals surface area contributed by atoms with Gasteiger partial charge in [-0.2, -0.15) is 5.10 Å². The minimum Gasteiger partial charge on any atom is -0.313 e. The highest BCUT2D eigenvalue weighted by molar-refractivity contribution is 9.10. The van der Waals surface area contributed by atoms with Crippen LogP contribution in [0.2, 0.25) is 0 Å². The van der Waals surface area contributed by atoms with E-state index in [1.54, 1.807) is 17.1 Å². The molecule has 2 rings (SSSR count). The van der Waals surface area contributed by atoms with Crippen molar-refractivity contribution >= 4 is 15.9 Å². The quantitative estimate of drug-likeness (QED) is 0.938. The van der Waals surface area contributed by atoms with Crippen LogP contribution in [0.25, 0.3) is 5.82 Å². The lowest BCUT2D eigenvalue weighted by Gasteiger charge is -2.11. The molecule has 0 saturated carbocycles. The van der Waals surface area contributed by atoms with Crippen LogP contribution < -0.4 is 5.32 Å². The van der Waals surface area contributed by atoms with Crippen LogP contribution in [0.5, 0.6) is 0 Å². The molecule has 1 N–H and O–H groups in total. The van der Waals surface area contributed by atoms with Crippen molar-refractivity contribution < 1.29 is 0 Å². The Hall–Kier alpha value is -1.20. The smallest absolute Gasteiger partial charge is 0.153 e. The molecule has 2 aromatic rings. The van der Waals surface area contributed by atoms with E-state index in [0.717, 1.165) is 10.3 Å². The van der Waals surface area contributed by atoms with E-state index in [9.17, 15) is 0 Å². The Labute approximate surface area is 103 Å². The molecule has 1 unspecified atom stereocenters. The average molecular weight is 281 g/mol. The maximum Gasteiger partial charge on any atom is 0.153 e. The van der Waals surface area contributed by atoms with Crippen molar-refractivity contribution in [2.24, 2.45) is 0 Å². The van der Waals surface area contributed by atoms with Crippen LogP contribution >= 0.6 is 15.9 Å². The van der Waals surface area contributed by atoms with Crippen LogP contribution in [-0.2, 0) is 0 Å². The highest BCUT2D eigenvalue weighted by Gasteiger charge is 2.05. The van der Waals surface area contributed by atoms with Crippen LogP contribution in [0.15, 0.2) is 35.2 Å². The molecule has 0 fully saturated rings. The van der Waals surface area contributed by atoms with E-state index >= 15 is 0 Å². The fraction of sp³-hybridized carbons (Fsp3) is 0.273. The Balaban J connectivity index is 2.36. The lowest BCUT2D eigenvalue weighted by molar-refractivity contribution is 0.649. The van der Waals surface area contributed by atoms with Gasteiger partial charge in [-0.15, -0.1) is 0 Å². The minimum absolute atomic E-state index is 0.306. The first-order valence-corrected chi connectivity index (χ1v) is 5.84. The van der Waals surface area contributed by atoms with Gasteiger partial charge in [0.25, 0.3) is 0 Å². The Morgan fingerprint density at radius 2 is 2.31 bits per heavy atom. The summed E-state index contributed by atoms with van der Waals surface area (Å²) in [6.07, 6.45) is 5.43. The lowest BCUT2D eigenvalue weighted by Crippen LogP contribution is -2.13. The Kier molecular flexibility index (Phi) is 3.36. The van der Waals surface area contributed by atoms with Crippen molar-refractivity contribution in [2.45, 2.75) is 13.0 Å². The molecule has 0 aliphatic rings. The summed E-state index contributed by atoms with van der Waals surface area (Å²) in [5.41, 5.74) is 1.19. The van der Waals surface area contributed by atoms with Crippen molar-refractivity contribution in [1.82, 2.24) is 20.1 Å². The molecule has 0 radical (unpaired) electrons. The first-order chi connectivity index (χ1) is 7.70. The zero-order valence-electron chi connectivity index (χ0n) is 9.18. The largest absolute Gasteiger partial charge is 0.313 e. The molecular weight excluding hydrogens is 268 g/mol. The molecule has 0 amide bonds. The fourth-order valence-electron chi connectivity index (χ4n) is 1.42. The standard InChI is InChI=1S/C11H13BrN4/c1-8(13-2)9-3-4-14-11(5-9)16-7-10(12)6-15-16/h3-8,13H,1-2H3. The fourth-order valence-corrected chi connectivity index (χ4v) is 1.71. The van der Waals surface area contributed by atoms with Crippen molar-refractivity contribution in [1.29, 1.82) is 0 Å². The number of hydrogen-bond acceptors (Lipinski definition) is 3. The van der Waals surface area contributed by atoms with Gasteiger partial charge in [0.2, 0.25) is 0 Å². The average Bonchev–Trinajstić information content (AvgIpc) is 2.75. The van der Waals surface area contributed by atoms with Gasteiger partial charge in [0, 0.05) is 18.4 Å². The number of nitrogens with zero attached hydrogens (tertiary/aromatic N) is 3. The molecular formula is C11H13BrN4. The Morgan fingerprint density at radius 3 is 2.94 bits per heavy atom. The molecule has 0 bridgehead atoms. The Morgan fingerprint density at radius 1 is 1.50 bits per heavy atom. The molecule has 16 heavy (non-hydrogen) atoms. The van der Waals surface area contributed by atoms with Crippen molar-refractivity contribution in [2.75, 3.05) is 7.05 Å². The second kappa shape index (κ2) is 4.76. The van der Waals surface area contributed by atoms with Crippen molar-refractivity contribution in [3.63, 3.8) is 0 Å². The van der Waals surface area contributed by atoms with E-state index in [1.165, 1.54) is 5.56 Å². The van der Waals surface area contributed by atoms with Crippen LogP contribution in [0.3, 0.4) is 0 Å². The minimum atomic E-state index is 0.306. The predicted molar refractivity (Wildman–Crippen MR) is 66.5 cm³/mol. The molecule has 0 aromatic carbocycles. The summed E-state index contributed by atoms with van der Waals surface area (Å²) in [5.74, 6) is 0.824. The molecule has 4 nitrogen and oxygen atoms in total. The monoisotopic (exact) mass is 280 g/mol. The van der Waals surface area contributed by atoms with Gasteiger partial charge in [-0.3, -0.25) is 0 Å². The second-order valence-corrected chi connectivity index (χ2v) is 4.48. The van der Waals surface area contributed by atoms with E-state index in [4.69, 9.17) is 0 Å². The zero-order chi connectivity index (χ0) is 11.5. The number of halogens is 1. The van der Waals surface area contributed by atoms with E-state index < -0.39 is 0 Å². The normalized spacial score (nSPS) is 12.7. The van der Waals surface area contributed by atoms with E-state index in [-0.39, 0.29) is 0 Å². The molecule has 2 aromatic heterocycles. The van der Waals surface area contributed by atoms with Crippen LogP contribution in [0.1, 0.15) is 18.5 Å². The van der Waals surface area contributed by atoms with Gasteiger partial charge in [0.15, 0.2) is 5.82 Å². The van der Waals surface area contributed by atoms with Gasteiger partial charge in [0.1, 0.15) is 0 Å². The lowest BCUT2D eigenvalue weighted by atomic mass is 10.1. The molecule has 84 valence electrons. The van der Waals surface area contributed by atoms with E-state index in [2.05, 4.69) is 38.3 Å². The topological polar surface area (TPSA) is 42.7 Å². The SMILES string of the molecule is CNC(C)c1ccnc(-n2cc(Br)cn2)c1. The summed E-state index contributed by atoms with van der Waals surface area (Å²) in [6.45, 7) is 2.11. The first-order valence-electron chi connectivity index (χ1n) is 5.04. The summed E-state index contributed by atoms with van der Waals surface area (Å²) >= 11 is 3.37. The molecule has 1 atom stereocenters. The highest BCUT2D eigenvalue weighted by Crippen LogP contribution is 2.15. The highest BCUT2D eigenvalue weighted by atomic mass is 79.9. The summed E-state index contributed by atoms with van der Waals surface area (Å²) in [7, 11) is 1.94. The van der Waals surface area contributed by atoms with Gasteiger partial charge in [-0.05, 0) is 47.6 Å². The van der Waals surface area contributed by atoms with Crippen LogP contribution in [0.4, 0.5) is 0 Å². The molecule has 0 saturated heterocycles. The summed E-state index contributed by atoms with van der Waals surface area (Å²) in [4.78, 5) is 4.29. The number of pyridine rings is 1. The third-order valence-corrected chi connectivity index (χ3v) is 2.90. The Bertz CT molecular complexity index is 480. The van der Waals surface area contributed by atoms with Crippen molar-refractivity contribution in [3.8, 4) is 5.82 Å². The van der Waals surface area contributed by atoms with E-state index in [0.29, 0.717) is 6.04 Å². The van der Waals surface area contributed by atoms with E-state index in [1.807, 2.05) is 25.4 Å². The van der Waals surface area contributed by atoms with Gasteiger partial charge < -0.3 is 5.32 Å². The molecule has 0 spiro atoms. The third-order valence-electron chi connectivity index (χ3n) is 2.49. The van der Waals surface area contributed by atoms with Crippen molar-refractivity contribution in [3.05, 3.63) is 40.8 Å². The number of nitrogens with one attached hydrogen (secondary N) is 1. The number of rotatable bonds is 3. The first kappa shape index (κ1) is 11.3. The molecule has 0 aliphatic heterocycles. The zero-order valence-corrected chi connectivity index (χ0v) is 10.8. The summed E-state index contributed by atoms with van der Waals surface area (Å²) in [5, 5.41) is 7.40. The third kappa shape index (κ3) is 2.31. The molecule has 2 heterocycles. The maximum absolute atomic E-state index is 4.29. The maximum atomic E-state index is 4.29. The number of aromatic nitrogens is 3. The summed E-state index contributed by atoms with van der Waals surface area (Å²) in [6, 6.07) is 4.34. The van der Waals surface area contributed by atoms with Gasteiger partial charge in [0.05, 0.1) is 10.7 Å². The second-order valence-electron chi connectivity index (χ2n) is 3.56. The van der Waals surface area contributed by atoms with Crippen LogP contribution in [-0.4, -0.2) is 21.8 Å². The van der Waals surface area contributed by atoms with Gasteiger partial charge in [-0.1, -0.05) is 0 Å². The van der Waals surface area contributed by atoms with Gasteiger partial charge >= 0.3 is 0 Å². The summed E-state index contributed by atoms with van der Waals surface area (Å²) < 4.78 is 2.69. The molecule has 5 heteroatoms. The van der Waals surface area contributed by atoms with Gasteiger partial charge in [-0.25, -0.2) is 9.67 Å².